The number of anilines is 1. The quantitative estimate of drug-likeness (QED) is 0.150. The summed E-state index contributed by atoms with van der Waals surface area (Å²) in [7, 11) is 1.31. The Morgan fingerprint density at radius 3 is 2.24 bits per heavy atom. The predicted molar refractivity (Wildman–Crippen MR) is 182 cm³/mol. The summed E-state index contributed by atoms with van der Waals surface area (Å²) in [6.45, 7) is 5.80. The Morgan fingerprint density at radius 2 is 1.63 bits per heavy atom. The Morgan fingerprint density at radius 1 is 0.978 bits per heavy atom. The second kappa shape index (κ2) is 16.0. The van der Waals surface area contributed by atoms with Crippen LogP contribution in [-0.2, 0) is 25.5 Å². The SMILES string of the molecule is COC=O.Cc1cccc2[nH]c([C@@H]3CO[C@H](CCc4ccccc4NC(=O)C(C)C(c4ccccc4)c4ccccc4)CN3)nc12. The van der Waals surface area contributed by atoms with Crippen molar-refractivity contribution in [1.82, 2.24) is 15.3 Å². The van der Waals surface area contributed by atoms with Gasteiger partial charge in [-0.25, -0.2) is 4.98 Å². The highest BCUT2D eigenvalue weighted by Crippen LogP contribution is 2.33. The van der Waals surface area contributed by atoms with E-state index in [0.29, 0.717) is 13.1 Å². The van der Waals surface area contributed by atoms with Gasteiger partial charge in [0.05, 0.1) is 36.9 Å². The minimum absolute atomic E-state index is 0.0136. The molecule has 0 radical (unpaired) electrons. The average molecular weight is 619 g/mol. The van der Waals surface area contributed by atoms with Gasteiger partial charge in [0.1, 0.15) is 5.82 Å². The van der Waals surface area contributed by atoms with Gasteiger partial charge in [-0.15, -0.1) is 0 Å². The molecule has 1 unspecified atom stereocenters. The lowest BCUT2D eigenvalue weighted by Crippen LogP contribution is -2.41. The van der Waals surface area contributed by atoms with Gasteiger partial charge in [0.25, 0.3) is 6.47 Å². The fraction of sp³-hybridized carbons (Fsp3) is 0.289. The molecule has 0 saturated carbocycles. The Bertz CT molecular complexity index is 1660. The van der Waals surface area contributed by atoms with Crippen molar-refractivity contribution >= 4 is 29.1 Å². The molecular weight excluding hydrogens is 576 g/mol. The number of H-pyrrole nitrogens is 1. The van der Waals surface area contributed by atoms with Crippen LogP contribution in [0.5, 0.6) is 0 Å². The summed E-state index contributed by atoms with van der Waals surface area (Å²) in [6.07, 6.45) is 1.76. The molecule has 46 heavy (non-hydrogen) atoms. The number of hydrogen-bond acceptors (Lipinski definition) is 6. The zero-order valence-electron chi connectivity index (χ0n) is 26.6. The van der Waals surface area contributed by atoms with Crippen molar-refractivity contribution in [3.63, 3.8) is 0 Å². The van der Waals surface area contributed by atoms with Crippen LogP contribution in [0.3, 0.4) is 0 Å². The number of aromatic amines is 1. The van der Waals surface area contributed by atoms with Crippen LogP contribution >= 0.6 is 0 Å². The molecule has 2 heterocycles. The number of imidazole rings is 1. The number of amides is 1. The third-order valence-corrected chi connectivity index (χ3v) is 8.49. The molecule has 3 atom stereocenters. The van der Waals surface area contributed by atoms with Crippen molar-refractivity contribution in [2.75, 3.05) is 25.6 Å². The second-order valence-electron chi connectivity index (χ2n) is 11.6. The number of aromatic nitrogens is 2. The number of rotatable bonds is 10. The van der Waals surface area contributed by atoms with Crippen LogP contribution in [0, 0.1) is 12.8 Å². The first-order chi connectivity index (χ1) is 22.5. The average Bonchev–Trinajstić information content (AvgIpc) is 3.55. The minimum Gasteiger partial charge on any atom is -0.471 e. The maximum atomic E-state index is 13.7. The summed E-state index contributed by atoms with van der Waals surface area (Å²) < 4.78 is 10.1. The van der Waals surface area contributed by atoms with Gasteiger partial charge in [0, 0.05) is 24.1 Å². The number of para-hydroxylation sites is 2. The summed E-state index contributed by atoms with van der Waals surface area (Å²) in [4.78, 5) is 30.9. The van der Waals surface area contributed by atoms with Crippen LogP contribution < -0.4 is 10.6 Å². The van der Waals surface area contributed by atoms with Gasteiger partial charge in [-0.05, 0) is 54.2 Å². The number of morpholine rings is 1. The maximum absolute atomic E-state index is 13.7. The van der Waals surface area contributed by atoms with E-state index in [4.69, 9.17) is 14.5 Å². The number of carbonyl (C=O) groups is 2. The highest BCUT2D eigenvalue weighted by molar-refractivity contribution is 5.94. The molecule has 8 nitrogen and oxygen atoms in total. The molecule has 1 aliphatic rings. The molecule has 1 aliphatic heterocycles. The van der Waals surface area contributed by atoms with E-state index < -0.39 is 0 Å². The van der Waals surface area contributed by atoms with Crippen LogP contribution in [0.15, 0.2) is 103 Å². The number of nitrogens with one attached hydrogen (secondary N) is 3. The molecule has 0 bridgehead atoms. The Kier molecular flexibility index (Phi) is 11.3. The number of carbonyl (C=O) groups excluding carboxylic acids is 2. The monoisotopic (exact) mass is 618 g/mol. The van der Waals surface area contributed by atoms with Gasteiger partial charge in [0.2, 0.25) is 5.91 Å². The Labute approximate surface area is 270 Å². The van der Waals surface area contributed by atoms with Crippen molar-refractivity contribution in [2.45, 2.75) is 44.8 Å². The van der Waals surface area contributed by atoms with Crippen LogP contribution in [0.25, 0.3) is 11.0 Å². The van der Waals surface area contributed by atoms with E-state index in [-0.39, 0.29) is 29.9 Å². The van der Waals surface area contributed by atoms with Crippen molar-refractivity contribution in [3.05, 3.63) is 131 Å². The lowest BCUT2D eigenvalue weighted by Gasteiger charge is -2.29. The molecule has 3 N–H and O–H groups in total. The first-order valence-corrected chi connectivity index (χ1v) is 15.7. The Balaban J connectivity index is 0.000000985. The van der Waals surface area contributed by atoms with Crippen molar-refractivity contribution in [1.29, 1.82) is 0 Å². The molecule has 1 saturated heterocycles. The van der Waals surface area contributed by atoms with Crippen molar-refractivity contribution in [2.24, 2.45) is 5.92 Å². The van der Waals surface area contributed by atoms with E-state index in [9.17, 15) is 4.79 Å². The van der Waals surface area contributed by atoms with E-state index in [1.54, 1.807) is 0 Å². The molecule has 4 aromatic carbocycles. The minimum atomic E-state index is -0.257. The van der Waals surface area contributed by atoms with Crippen molar-refractivity contribution < 1.29 is 19.1 Å². The van der Waals surface area contributed by atoms with Gasteiger partial charge in [-0.1, -0.05) is 97.9 Å². The summed E-state index contributed by atoms with van der Waals surface area (Å²) in [6, 6.07) is 34.9. The van der Waals surface area contributed by atoms with E-state index in [1.165, 1.54) is 12.7 Å². The topological polar surface area (TPSA) is 105 Å². The zero-order chi connectivity index (χ0) is 32.3. The third kappa shape index (κ3) is 8.07. The second-order valence-corrected chi connectivity index (χ2v) is 11.6. The van der Waals surface area contributed by atoms with Gasteiger partial charge in [-0.2, -0.15) is 0 Å². The summed E-state index contributed by atoms with van der Waals surface area (Å²) in [5, 5.41) is 6.88. The van der Waals surface area contributed by atoms with Crippen LogP contribution in [-0.4, -0.2) is 48.7 Å². The molecule has 238 valence electrons. The van der Waals surface area contributed by atoms with Crippen LogP contribution in [0.2, 0.25) is 0 Å². The number of hydrogen-bond donors (Lipinski definition) is 3. The largest absolute Gasteiger partial charge is 0.471 e. The standard InChI is InChI=1S/C36H38N4O2.C2H4O2/c1-24-12-11-19-31-34(24)40-35(38-31)32-23-42-29(22-37-32)21-20-26-13-9-10-18-30(26)39-36(41)25(2)33(27-14-5-3-6-15-27)28-16-7-4-8-17-28;1-4-2-3/h3-19,25,29,32-33,37H,20-23H2,1-2H3,(H,38,40)(H,39,41);2H,1H3/t25?,29-,32+;/m1./s1. The number of methoxy groups -OCH3 is 1. The van der Waals surface area contributed by atoms with Crippen LogP contribution in [0.4, 0.5) is 5.69 Å². The fourth-order valence-electron chi connectivity index (χ4n) is 6.01. The first kappa shape index (κ1) is 32.6. The molecule has 8 heteroatoms. The van der Waals surface area contributed by atoms with Gasteiger partial charge < -0.3 is 25.1 Å². The summed E-state index contributed by atoms with van der Waals surface area (Å²) in [5.41, 5.74) is 7.50. The lowest BCUT2D eigenvalue weighted by atomic mass is 9.81. The van der Waals surface area contributed by atoms with E-state index >= 15 is 0 Å². The van der Waals surface area contributed by atoms with E-state index in [1.807, 2.05) is 67.6 Å². The normalized spacial score (nSPS) is 16.7. The number of nitrogens with zero attached hydrogens (tertiary/aromatic N) is 1. The molecule has 0 aliphatic carbocycles. The van der Waals surface area contributed by atoms with E-state index in [0.717, 1.165) is 58.6 Å². The molecule has 6 rings (SSSR count). The first-order valence-electron chi connectivity index (χ1n) is 15.7. The zero-order valence-corrected chi connectivity index (χ0v) is 26.6. The smallest absolute Gasteiger partial charge is 0.292 e. The lowest BCUT2D eigenvalue weighted by molar-refractivity contribution is -0.126. The van der Waals surface area contributed by atoms with E-state index in [2.05, 4.69) is 69.7 Å². The number of benzene rings is 4. The van der Waals surface area contributed by atoms with Gasteiger partial charge in [0.15, 0.2) is 0 Å². The highest BCUT2D eigenvalue weighted by Gasteiger charge is 2.28. The van der Waals surface area contributed by atoms with Gasteiger partial charge in [-0.3, -0.25) is 9.59 Å². The molecule has 5 aromatic rings. The number of aryl methyl sites for hydroxylation is 2. The predicted octanol–water partition coefficient (Wildman–Crippen LogP) is 6.73. The summed E-state index contributed by atoms with van der Waals surface area (Å²) >= 11 is 0. The van der Waals surface area contributed by atoms with Gasteiger partial charge >= 0.3 is 0 Å². The molecule has 1 aromatic heterocycles. The number of fused-ring (bicyclic) bond motifs is 1. The fourth-order valence-corrected chi connectivity index (χ4v) is 6.01. The van der Waals surface area contributed by atoms with Crippen molar-refractivity contribution in [3.8, 4) is 0 Å². The molecular formula is C38H42N4O4. The Hall–Kier alpha value is -4.79. The summed E-state index contributed by atoms with van der Waals surface area (Å²) in [5.74, 6) is 0.640. The molecule has 0 spiro atoms. The molecule has 1 amide bonds. The van der Waals surface area contributed by atoms with Crippen LogP contribution in [0.1, 0.15) is 53.4 Å². The number of ether oxygens (including phenoxy) is 2. The molecule has 1 fully saturated rings. The maximum Gasteiger partial charge on any atom is 0.292 e. The third-order valence-electron chi connectivity index (χ3n) is 8.49. The highest BCUT2D eigenvalue weighted by atomic mass is 16.5.